The van der Waals surface area contributed by atoms with Crippen molar-refractivity contribution in [2.75, 3.05) is 0 Å². The third-order valence-corrected chi connectivity index (χ3v) is 2.07. The molecule has 1 N–H and O–H groups in total. The second-order valence-corrected chi connectivity index (χ2v) is 2.96. The van der Waals surface area contributed by atoms with E-state index in [1.165, 1.54) is 17.8 Å². The number of H-pyrrole nitrogens is 1. The molecule has 1 radical (unpaired) electrons. The zero-order chi connectivity index (χ0) is 6.97. The summed E-state index contributed by atoms with van der Waals surface area (Å²) in [6.07, 6.45) is 5.25. The molecule has 1 aromatic heterocycles. The number of aryl methyl sites for hydroxylation is 1. The molecule has 0 unspecified atom stereocenters. The number of aromatic nitrogens is 2. The van der Waals surface area contributed by atoms with Gasteiger partial charge in [0.05, 0.1) is 12.0 Å². The topological polar surface area (TPSA) is 28.7 Å². The standard InChI is InChI=1S/C8H11N2.H2/c1-6-2-3-7-8(4-6)10-5-9-7;/h5H,2-4H2,1H3,(H,9,10);1H. The number of rotatable bonds is 0. The van der Waals surface area contributed by atoms with Crippen molar-refractivity contribution >= 4 is 0 Å². The van der Waals surface area contributed by atoms with Gasteiger partial charge in [0.25, 0.3) is 0 Å². The van der Waals surface area contributed by atoms with Crippen molar-refractivity contribution in [3.05, 3.63) is 23.6 Å². The molecule has 1 aliphatic carbocycles. The molecular weight excluding hydrogens is 124 g/mol. The minimum absolute atomic E-state index is 0. The molecular formula is C8H13N2. The van der Waals surface area contributed by atoms with Gasteiger partial charge in [0.2, 0.25) is 0 Å². The van der Waals surface area contributed by atoms with Crippen molar-refractivity contribution in [1.82, 2.24) is 9.97 Å². The summed E-state index contributed by atoms with van der Waals surface area (Å²) in [6, 6.07) is 0. The lowest BCUT2D eigenvalue weighted by Gasteiger charge is -2.15. The van der Waals surface area contributed by atoms with Gasteiger partial charge >= 0.3 is 0 Å². The Balaban J connectivity index is 0.000000605. The van der Waals surface area contributed by atoms with Crippen molar-refractivity contribution in [3.8, 4) is 0 Å². The van der Waals surface area contributed by atoms with Crippen LogP contribution in [0.4, 0.5) is 0 Å². The number of nitrogens with zero attached hydrogens (tertiary/aromatic N) is 1. The van der Waals surface area contributed by atoms with Crippen LogP contribution in [-0.2, 0) is 12.8 Å². The molecule has 1 aromatic rings. The molecule has 0 aliphatic heterocycles. The van der Waals surface area contributed by atoms with Crippen LogP contribution in [0.5, 0.6) is 0 Å². The third kappa shape index (κ3) is 0.838. The number of hydrogen-bond acceptors (Lipinski definition) is 1. The highest BCUT2D eigenvalue weighted by Gasteiger charge is 2.16. The first-order chi connectivity index (χ1) is 4.86. The van der Waals surface area contributed by atoms with Crippen LogP contribution in [0.3, 0.4) is 0 Å². The van der Waals surface area contributed by atoms with Gasteiger partial charge in [-0.15, -0.1) is 0 Å². The third-order valence-electron chi connectivity index (χ3n) is 2.07. The number of hydrogen-bond donors (Lipinski definition) is 1. The van der Waals surface area contributed by atoms with Crippen LogP contribution in [0.2, 0.25) is 0 Å². The molecule has 10 heavy (non-hydrogen) atoms. The van der Waals surface area contributed by atoms with Crippen molar-refractivity contribution < 1.29 is 1.43 Å². The quantitative estimate of drug-likeness (QED) is 0.579. The monoisotopic (exact) mass is 137 g/mol. The van der Waals surface area contributed by atoms with E-state index in [-0.39, 0.29) is 1.43 Å². The van der Waals surface area contributed by atoms with E-state index < -0.39 is 0 Å². The minimum atomic E-state index is 0. The van der Waals surface area contributed by atoms with Gasteiger partial charge in [0, 0.05) is 7.12 Å². The van der Waals surface area contributed by atoms with E-state index in [1.54, 1.807) is 12.2 Å². The van der Waals surface area contributed by atoms with Crippen LogP contribution in [0.1, 0.15) is 26.2 Å². The van der Waals surface area contributed by atoms with Gasteiger partial charge in [-0.05, 0) is 25.2 Å². The Labute approximate surface area is 62.2 Å². The van der Waals surface area contributed by atoms with Gasteiger partial charge < -0.3 is 4.98 Å². The average Bonchev–Trinajstić information content (AvgIpc) is 2.33. The van der Waals surface area contributed by atoms with Crippen molar-refractivity contribution in [3.63, 3.8) is 0 Å². The largest absolute Gasteiger partial charge is 0.348 e. The van der Waals surface area contributed by atoms with E-state index in [2.05, 4.69) is 16.9 Å². The lowest BCUT2D eigenvalue weighted by atomic mass is 9.92. The maximum atomic E-state index is 4.22. The number of imidazole rings is 1. The van der Waals surface area contributed by atoms with Gasteiger partial charge in [-0.3, -0.25) is 0 Å². The Morgan fingerprint density at radius 2 is 2.50 bits per heavy atom. The van der Waals surface area contributed by atoms with Crippen LogP contribution in [0.25, 0.3) is 0 Å². The van der Waals surface area contributed by atoms with Gasteiger partial charge in [0.15, 0.2) is 0 Å². The van der Waals surface area contributed by atoms with E-state index in [9.17, 15) is 0 Å². The van der Waals surface area contributed by atoms with Gasteiger partial charge in [-0.25, -0.2) is 4.98 Å². The van der Waals surface area contributed by atoms with E-state index in [1.807, 2.05) is 0 Å². The fraction of sp³-hybridized carbons (Fsp3) is 0.500. The summed E-state index contributed by atoms with van der Waals surface area (Å²) in [6.45, 7) is 2.21. The van der Waals surface area contributed by atoms with Crippen LogP contribution in [0, 0.1) is 5.92 Å². The second kappa shape index (κ2) is 2.11. The zero-order valence-corrected chi connectivity index (χ0v) is 6.15. The molecule has 0 amide bonds. The summed E-state index contributed by atoms with van der Waals surface area (Å²) < 4.78 is 0. The molecule has 0 bridgehead atoms. The summed E-state index contributed by atoms with van der Waals surface area (Å²) in [5.74, 6) is 1.57. The Kier molecular flexibility index (Phi) is 1.26. The summed E-state index contributed by atoms with van der Waals surface area (Å²) in [5.41, 5.74) is 2.59. The predicted octanol–water partition coefficient (Wildman–Crippen LogP) is 1.74. The average molecular weight is 137 g/mol. The molecule has 2 nitrogen and oxygen atoms in total. The summed E-state index contributed by atoms with van der Waals surface area (Å²) >= 11 is 0. The molecule has 2 heteroatoms. The molecule has 1 heterocycles. The molecule has 1 aliphatic rings. The number of nitrogens with one attached hydrogen (secondary N) is 1. The van der Waals surface area contributed by atoms with E-state index >= 15 is 0 Å². The van der Waals surface area contributed by atoms with Crippen molar-refractivity contribution in [2.45, 2.75) is 26.2 Å². The highest BCUT2D eigenvalue weighted by atomic mass is 14.9. The maximum Gasteiger partial charge on any atom is 0.0925 e. The van der Waals surface area contributed by atoms with Crippen LogP contribution in [-0.4, -0.2) is 9.97 Å². The highest BCUT2D eigenvalue weighted by Crippen LogP contribution is 2.23. The summed E-state index contributed by atoms with van der Waals surface area (Å²) in [5, 5.41) is 0. The molecule has 55 valence electrons. The van der Waals surface area contributed by atoms with Crippen LogP contribution >= 0.6 is 0 Å². The normalized spacial score (nSPS) is 18.9. The first-order valence-electron chi connectivity index (χ1n) is 3.68. The second-order valence-electron chi connectivity index (χ2n) is 2.96. The maximum absolute atomic E-state index is 4.22. The summed E-state index contributed by atoms with van der Waals surface area (Å²) in [7, 11) is 0. The lowest BCUT2D eigenvalue weighted by molar-refractivity contribution is 0.708. The van der Waals surface area contributed by atoms with Crippen LogP contribution < -0.4 is 0 Å². The first-order valence-corrected chi connectivity index (χ1v) is 3.68. The Bertz CT molecular complexity index is 232. The Morgan fingerprint density at radius 3 is 3.40 bits per heavy atom. The Hall–Kier alpha value is -0.790. The fourth-order valence-electron chi connectivity index (χ4n) is 1.44. The molecule has 0 atom stereocenters. The van der Waals surface area contributed by atoms with Gasteiger partial charge in [-0.2, -0.15) is 0 Å². The molecule has 0 saturated carbocycles. The smallest absolute Gasteiger partial charge is 0.0925 e. The van der Waals surface area contributed by atoms with E-state index in [0.29, 0.717) is 0 Å². The van der Waals surface area contributed by atoms with E-state index in [4.69, 9.17) is 0 Å². The fourth-order valence-corrected chi connectivity index (χ4v) is 1.44. The number of aromatic amines is 1. The highest BCUT2D eigenvalue weighted by molar-refractivity contribution is 5.20. The van der Waals surface area contributed by atoms with Gasteiger partial charge in [-0.1, -0.05) is 6.92 Å². The molecule has 2 rings (SSSR count). The molecule has 0 saturated heterocycles. The van der Waals surface area contributed by atoms with Gasteiger partial charge in [0.1, 0.15) is 0 Å². The van der Waals surface area contributed by atoms with E-state index in [0.717, 1.165) is 12.8 Å². The molecule has 0 fully saturated rings. The minimum Gasteiger partial charge on any atom is -0.348 e. The first kappa shape index (κ1) is 5.96. The Morgan fingerprint density at radius 1 is 1.60 bits per heavy atom. The number of fused-ring (bicyclic) bond motifs is 1. The van der Waals surface area contributed by atoms with Crippen LogP contribution in [0.15, 0.2) is 6.33 Å². The molecule has 0 spiro atoms. The summed E-state index contributed by atoms with van der Waals surface area (Å²) in [4.78, 5) is 7.38. The predicted molar refractivity (Wildman–Crippen MR) is 41.6 cm³/mol. The van der Waals surface area contributed by atoms with Crippen molar-refractivity contribution in [1.29, 1.82) is 0 Å². The lowest BCUT2D eigenvalue weighted by Crippen LogP contribution is -2.08. The SMILES string of the molecule is C[C]1CCc2nc[nH]c2C1.[HH]. The molecule has 0 aromatic carbocycles. The zero-order valence-electron chi connectivity index (χ0n) is 6.15. The van der Waals surface area contributed by atoms with Crippen molar-refractivity contribution in [2.24, 2.45) is 0 Å².